The van der Waals surface area contributed by atoms with Gasteiger partial charge in [-0.1, -0.05) is 6.92 Å². The van der Waals surface area contributed by atoms with E-state index in [0.717, 1.165) is 6.54 Å². The second kappa shape index (κ2) is 6.48. The number of rotatable bonds is 5. The minimum absolute atomic E-state index is 0.230. The van der Waals surface area contributed by atoms with Crippen LogP contribution < -0.4 is 5.32 Å². The van der Waals surface area contributed by atoms with E-state index < -0.39 is 0 Å². The lowest BCUT2D eigenvalue weighted by atomic mass is 10.2. The zero-order chi connectivity index (χ0) is 14.4. The third-order valence-corrected chi connectivity index (χ3v) is 2.82. The molecule has 2 heterocycles. The maximum atomic E-state index is 11.9. The number of nitriles is 1. The molecule has 6 heteroatoms. The zero-order valence-corrected chi connectivity index (χ0v) is 11.2. The molecule has 2 aromatic heterocycles. The molecule has 0 saturated carbocycles. The predicted molar refractivity (Wildman–Crippen MR) is 72.7 cm³/mol. The topological polar surface area (TPSA) is 83.6 Å². The maximum absolute atomic E-state index is 11.9. The van der Waals surface area contributed by atoms with Crippen LogP contribution in [0.2, 0.25) is 0 Å². The SMILES string of the molecule is CC(CNC(=O)c1ccc(C#N)cn1)Cn1ccnc1. The van der Waals surface area contributed by atoms with Gasteiger partial charge in [0.05, 0.1) is 11.9 Å². The van der Waals surface area contributed by atoms with Crippen LogP contribution in [0.25, 0.3) is 0 Å². The first-order valence-corrected chi connectivity index (χ1v) is 6.29. The molecule has 0 radical (unpaired) electrons. The fraction of sp³-hybridized carbons (Fsp3) is 0.286. The van der Waals surface area contributed by atoms with Gasteiger partial charge in [-0.25, -0.2) is 9.97 Å². The first-order chi connectivity index (χ1) is 9.69. The van der Waals surface area contributed by atoms with Crippen molar-refractivity contribution in [3.8, 4) is 6.07 Å². The van der Waals surface area contributed by atoms with E-state index in [-0.39, 0.29) is 11.8 Å². The maximum Gasteiger partial charge on any atom is 0.269 e. The number of aromatic nitrogens is 3. The molecule has 0 aromatic carbocycles. The van der Waals surface area contributed by atoms with E-state index in [1.165, 1.54) is 6.20 Å². The highest BCUT2D eigenvalue weighted by atomic mass is 16.1. The molecule has 6 nitrogen and oxygen atoms in total. The van der Waals surface area contributed by atoms with Gasteiger partial charge >= 0.3 is 0 Å². The van der Waals surface area contributed by atoms with Crippen LogP contribution in [0.1, 0.15) is 23.0 Å². The van der Waals surface area contributed by atoms with Crippen molar-refractivity contribution in [3.05, 3.63) is 48.3 Å². The molecule has 0 aliphatic heterocycles. The number of carbonyl (C=O) groups is 1. The third-order valence-electron chi connectivity index (χ3n) is 2.82. The molecule has 0 fully saturated rings. The monoisotopic (exact) mass is 269 g/mol. The van der Waals surface area contributed by atoms with Gasteiger partial charge in [0.25, 0.3) is 5.91 Å². The van der Waals surface area contributed by atoms with Crippen LogP contribution in [-0.4, -0.2) is 27.0 Å². The molecule has 2 aromatic rings. The van der Waals surface area contributed by atoms with Crippen molar-refractivity contribution in [1.29, 1.82) is 5.26 Å². The fourth-order valence-electron chi connectivity index (χ4n) is 1.77. The molecular weight excluding hydrogens is 254 g/mol. The Morgan fingerprint density at radius 3 is 3.00 bits per heavy atom. The number of hydrogen-bond donors (Lipinski definition) is 1. The number of pyridine rings is 1. The molecule has 0 aliphatic carbocycles. The normalized spacial score (nSPS) is 11.6. The molecule has 1 N–H and O–H groups in total. The number of carbonyl (C=O) groups excluding carboxylic acids is 1. The molecular formula is C14H15N5O. The molecule has 1 amide bonds. The summed E-state index contributed by atoms with van der Waals surface area (Å²) in [6.45, 7) is 3.40. The Morgan fingerprint density at radius 2 is 2.40 bits per heavy atom. The predicted octanol–water partition coefficient (Wildman–Crippen LogP) is 1.22. The largest absolute Gasteiger partial charge is 0.350 e. The van der Waals surface area contributed by atoms with Crippen LogP contribution >= 0.6 is 0 Å². The van der Waals surface area contributed by atoms with Crippen molar-refractivity contribution in [2.75, 3.05) is 6.54 Å². The Kier molecular flexibility index (Phi) is 4.45. The quantitative estimate of drug-likeness (QED) is 0.884. The van der Waals surface area contributed by atoms with Gasteiger partial charge in [-0.05, 0) is 18.1 Å². The van der Waals surface area contributed by atoms with Crippen LogP contribution in [0, 0.1) is 17.2 Å². The minimum Gasteiger partial charge on any atom is -0.350 e. The molecule has 1 unspecified atom stereocenters. The molecule has 1 atom stereocenters. The highest BCUT2D eigenvalue weighted by Gasteiger charge is 2.09. The second-order valence-corrected chi connectivity index (χ2v) is 4.62. The average molecular weight is 269 g/mol. The van der Waals surface area contributed by atoms with E-state index in [9.17, 15) is 4.79 Å². The second-order valence-electron chi connectivity index (χ2n) is 4.62. The lowest BCUT2D eigenvalue weighted by molar-refractivity contribution is 0.0942. The van der Waals surface area contributed by atoms with Gasteiger partial charge in [0.1, 0.15) is 11.8 Å². The lowest BCUT2D eigenvalue weighted by Crippen LogP contribution is -2.30. The minimum atomic E-state index is -0.230. The van der Waals surface area contributed by atoms with Crippen molar-refractivity contribution in [3.63, 3.8) is 0 Å². The summed E-state index contributed by atoms with van der Waals surface area (Å²) in [5.74, 6) is 0.0542. The average Bonchev–Trinajstić information content (AvgIpc) is 2.97. The van der Waals surface area contributed by atoms with Gasteiger partial charge in [0.15, 0.2) is 0 Å². The molecule has 0 bridgehead atoms. The van der Waals surface area contributed by atoms with Crippen molar-refractivity contribution >= 4 is 5.91 Å². The summed E-state index contributed by atoms with van der Waals surface area (Å²) in [6, 6.07) is 5.10. The van der Waals surface area contributed by atoms with E-state index in [1.54, 1.807) is 24.7 Å². The Hall–Kier alpha value is -2.68. The smallest absolute Gasteiger partial charge is 0.269 e. The van der Waals surface area contributed by atoms with Crippen LogP contribution in [0.4, 0.5) is 0 Å². The Balaban J connectivity index is 1.83. The first kappa shape index (κ1) is 13.7. The van der Waals surface area contributed by atoms with Crippen LogP contribution in [0.5, 0.6) is 0 Å². The van der Waals surface area contributed by atoms with Gasteiger partial charge < -0.3 is 9.88 Å². The fourth-order valence-corrected chi connectivity index (χ4v) is 1.77. The summed E-state index contributed by atoms with van der Waals surface area (Å²) < 4.78 is 1.97. The molecule has 0 spiro atoms. The molecule has 20 heavy (non-hydrogen) atoms. The lowest BCUT2D eigenvalue weighted by Gasteiger charge is -2.12. The van der Waals surface area contributed by atoms with Crippen molar-refractivity contribution in [2.45, 2.75) is 13.5 Å². The standard InChI is InChI=1S/C14H15N5O/c1-11(9-19-5-4-16-10-19)7-18-14(20)13-3-2-12(6-15)8-17-13/h2-5,8,10-11H,7,9H2,1H3,(H,18,20). The van der Waals surface area contributed by atoms with E-state index in [4.69, 9.17) is 5.26 Å². The third kappa shape index (κ3) is 3.65. The summed E-state index contributed by atoms with van der Waals surface area (Å²) in [6.07, 6.45) is 6.76. The van der Waals surface area contributed by atoms with E-state index in [2.05, 4.69) is 15.3 Å². The first-order valence-electron chi connectivity index (χ1n) is 6.29. The Bertz CT molecular complexity index is 597. The van der Waals surface area contributed by atoms with Gasteiger partial charge in [-0.2, -0.15) is 5.26 Å². The summed E-state index contributed by atoms with van der Waals surface area (Å²) in [7, 11) is 0. The molecule has 0 aliphatic rings. The number of nitrogens with zero attached hydrogens (tertiary/aromatic N) is 4. The van der Waals surface area contributed by atoms with E-state index in [1.807, 2.05) is 23.8 Å². The molecule has 0 saturated heterocycles. The number of hydrogen-bond acceptors (Lipinski definition) is 4. The highest BCUT2D eigenvalue weighted by Crippen LogP contribution is 2.01. The number of imidazole rings is 1. The van der Waals surface area contributed by atoms with E-state index in [0.29, 0.717) is 17.8 Å². The van der Waals surface area contributed by atoms with Crippen LogP contribution in [0.3, 0.4) is 0 Å². The van der Waals surface area contributed by atoms with Gasteiger partial charge in [0, 0.05) is 31.7 Å². The molecule has 2 rings (SSSR count). The Labute approximate surface area is 117 Å². The Morgan fingerprint density at radius 1 is 1.55 bits per heavy atom. The van der Waals surface area contributed by atoms with Gasteiger partial charge in [-0.3, -0.25) is 4.79 Å². The van der Waals surface area contributed by atoms with Crippen molar-refractivity contribution in [2.24, 2.45) is 5.92 Å². The van der Waals surface area contributed by atoms with Gasteiger partial charge in [0.2, 0.25) is 0 Å². The van der Waals surface area contributed by atoms with Crippen LogP contribution in [0.15, 0.2) is 37.1 Å². The zero-order valence-electron chi connectivity index (χ0n) is 11.2. The summed E-state index contributed by atoms with van der Waals surface area (Å²) >= 11 is 0. The summed E-state index contributed by atoms with van der Waals surface area (Å²) in [5, 5.41) is 11.5. The van der Waals surface area contributed by atoms with E-state index >= 15 is 0 Å². The number of amides is 1. The van der Waals surface area contributed by atoms with Crippen molar-refractivity contribution in [1.82, 2.24) is 19.9 Å². The van der Waals surface area contributed by atoms with Crippen molar-refractivity contribution < 1.29 is 4.79 Å². The molecule has 102 valence electrons. The summed E-state index contributed by atoms with van der Waals surface area (Å²) in [4.78, 5) is 19.8. The number of nitrogens with one attached hydrogen (secondary N) is 1. The highest BCUT2D eigenvalue weighted by molar-refractivity contribution is 5.92. The van der Waals surface area contributed by atoms with Crippen LogP contribution in [-0.2, 0) is 6.54 Å². The summed E-state index contributed by atoms with van der Waals surface area (Å²) in [5.41, 5.74) is 0.758. The van der Waals surface area contributed by atoms with Gasteiger partial charge in [-0.15, -0.1) is 0 Å².